The summed E-state index contributed by atoms with van der Waals surface area (Å²) in [5.41, 5.74) is 0.397. The largest absolute Gasteiger partial charge is 0.238 e. The number of rotatable bonds is 4. The molecule has 0 aliphatic rings. The number of hydrogen-bond donors (Lipinski definition) is 1. The highest BCUT2D eigenvalue weighted by Gasteiger charge is 2.19. The van der Waals surface area contributed by atoms with Crippen LogP contribution in [0.4, 0.5) is 5.69 Å². The fourth-order valence-electron chi connectivity index (χ4n) is 1.48. The van der Waals surface area contributed by atoms with E-state index in [0.717, 1.165) is 11.9 Å². The van der Waals surface area contributed by atoms with Crippen LogP contribution in [0, 0.1) is 0 Å². The molecule has 0 saturated heterocycles. The molecular weight excluding hydrogens is 460 g/mol. The predicted octanol–water partition coefficient (Wildman–Crippen LogP) is 6.39. The zero-order valence-electron chi connectivity index (χ0n) is 11.3. The summed E-state index contributed by atoms with van der Waals surface area (Å²) in [5.74, 6) is 0. The van der Waals surface area contributed by atoms with Crippen LogP contribution < -0.4 is 5.14 Å². The smallest absolute Gasteiger partial charge is 0.225 e. The maximum Gasteiger partial charge on any atom is 0.238 e. The zero-order chi connectivity index (χ0) is 18.1. The van der Waals surface area contributed by atoms with Crippen molar-refractivity contribution < 1.29 is 8.42 Å². The molecule has 0 heterocycles. The summed E-state index contributed by atoms with van der Waals surface area (Å²) in [5, 5.41) is 9.28. The standard InChI is InChI=1S/C12H6Cl5N3O2S2/c13-7-8(14)10(16)12(11(17)9(7)15)23-20-19-5-1-3-6(4-2-5)24(18,21)22/h1-4H,(H2,18,21,22). The summed E-state index contributed by atoms with van der Waals surface area (Å²) in [4.78, 5) is 0.263. The highest BCUT2D eigenvalue weighted by molar-refractivity contribution is 7.98. The lowest BCUT2D eigenvalue weighted by atomic mass is 10.3. The lowest BCUT2D eigenvalue weighted by molar-refractivity contribution is 0.598. The first kappa shape index (κ1) is 20.1. The van der Waals surface area contributed by atoms with Crippen LogP contribution in [0.1, 0.15) is 0 Å². The SMILES string of the molecule is NS(=O)(=O)c1ccc(N=NSc2c(Cl)c(Cl)c(Cl)c(Cl)c2Cl)cc1. The van der Waals surface area contributed by atoms with E-state index in [4.69, 9.17) is 63.1 Å². The quantitative estimate of drug-likeness (QED) is 0.246. The molecule has 5 nitrogen and oxygen atoms in total. The van der Waals surface area contributed by atoms with E-state index in [2.05, 4.69) is 9.63 Å². The molecule has 0 atom stereocenters. The Morgan fingerprint density at radius 1 is 0.833 bits per heavy atom. The highest BCUT2D eigenvalue weighted by Crippen LogP contribution is 2.48. The summed E-state index contributed by atoms with van der Waals surface area (Å²) in [6, 6.07) is 5.50. The minimum absolute atomic E-state index is 0.0311. The Morgan fingerprint density at radius 3 is 1.75 bits per heavy atom. The Balaban J connectivity index is 2.24. The summed E-state index contributed by atoms with van der Waals surface area (Å²) >= 11 is 30.8. The molecule has 0 aliphatic carbocycles. The van der Waals surface area contributed by atoms with Crippen molar-refractivity contribution in [3.05, 3.63) is 49.4 Å². The normalized spacial score (nSPS) is 12.1. The van der Waals surface area contributed by atoms with Crippen molar-refractivity contribution in [2.75, 3.05) is 0 Å². The second kappa shape index (κ2) is 7.97. The van der Waals surface area contributed by atoms with Gasteiger partial charge in [-0.15, -0.1) is 9.63 Å². The number of benzene rings is 2. The van der Waals surface area contributed by atoms with Gasteiger partial charge in [0.2, 0.25) is 10.0 Å². The zero-order valence-corrected chi connectivity index (χ0v) is 16.7. The first-order chi connectivity index (χ1) is 11.1. The van der Waals surface area contributed by atoms with E-state index in [9.17, 15) is 8.42 Å². The first-order valence-electron chi connectivity index (χ1n) is 5.85. The molecule has 2 N–H and O–H groups in total. The van der Waals surface area contributed by atoms with Gasteiger partial charge in [0.15, 0.2) is 0 Å². The Kier molecular flexibility index (Phi) is 6.66. The Hall–Kier alpha value is -0.250. The minimum Gasteiger partial charge on any atom is -0.225 e. The monoisotopic (exact) mass is 463 g/mol. The molecule has 2 rings (SSSR count). The third-order valence-electron chi connectivity index (χ3n) is 2.62. The van der Waals surface area contributed by atoms with Gasteiger partial charge in [0.1, 0.15) is 0 Å². The molecule has 0 bridgehead atoms. The van der Waals surface area contributed by atoms with E-state index in [1.165, 1.54) is 24.3 Å². The van der Waals surface area contributed by atoms with Crippen LogP contribution in [0.25, 0.3) is 0 Å². The molecule has 2 aromatic rings. The Labute approximate surface area is 167 Å². The minimum atomic E-state index is -3.76. The van der Waals surface area contributed by atoms with Gasteiger partial charge in [0.25, 0.3) is 0 Å². The van der Waals surface area contributed by atoms with Gasteiger partial charge >= 0.3 is 0 Å². The molecule has 0 aliphatic heterocycles. The van der Waals surface area contributed by atoms with Crippen molar-refractivity contribution in [3.8, 4) is 0 Å². The highest BCUT2D eigenvalue weighted by atomic mass is 35.5. The van der Waals surface area contributed by atoms with Crippen LogP contribution in [-0.2, 0) is 10.0 Å². The number of nitrogens with zero attached hydrogens (tertiary/aromatic N) is 2. The molecule has 2 aromatic carbocycles. The Bertz CT molecular complexity index is 888. The van der Waals surface area contributed by atoms with Crippen LogP contribution in [0.5, 0.6) is 0 Å². The van der Waals surface area contributed by atoms with Gasteiger partial charge < -0.3 is 0 Å². The second-order valence-electron chi connectivity index (χ2n) is 4.21. The van der Waals surface area contributed by atoms with Crippen LogP contribution >= 0.6 is 70.0 Å². The third kappa shape index (κ3) is 4.47. The second-order valence-corrected chi connectivity index (χ2v) is 8.42. The van der Waals surface area contributed by atoms with Crippen LogP contribution in [-0.4, -0.2) is 8.42 Å². The molecule has 0 amide bonds. The predicted molar refractivity (Wildman–Crippen MR) is 99.7 cm³/mol. The number of hydrogen-bond acceptors (Lipinski definition) is 5. The van der Waals surface area contributed by atoms with Crippen molar-refractivity contribution in [3.63, 3.8) is 0 Å². The van der Waals surface area contributed by atoms with Crippen molar-refractivity contribution in [1.29, 1.82) is 0 Å². The lowest BCUT2D eigenvalue weighted by Gasteiger charge is -2.09. The van der Waals surface area contributed by atoms with E-state index in [1.807, 2.05) is 0 Å². The fourth-order valence-corrected chi connectivity index (χ4v) is 4.03. The van der Waals surface area contributed by atoms with Gasteiger partial charge in [-0.1, -0.05) is 58.0 Å². The van der Waals surface area contributed by atoms with Crippen LogP contribution in [0.2, 0.25) is 25.1 Å². The van der Waals surface area contributed by atoms with Gasteiger partial charge in [0, 0.05) is 11.9 Å². The van der Waals surface area contributed by atoms with E-state index in [0.29, 0.717) is 10.6 Å². The van der Waals surface area contributed by atoms with E-state index in [-0.39, 0.29) is 30.0 Å². The summed E-state index contributed by atoms with van der Waals surface area (Å²) in [6.07, 6.45) is 0. The molecule has 0 fully saturated rings. The van der Waals surface area contributed by atoms with Gasteiger partial charge in [0.05, 0.1) is 40.6 Å². The van der Waals surface area contributed by atoms with Gasteiger partial charge in [-0.2, -0.15) is 0 Å². The lowest BCUT2D eigenvalue weighted by Crippen LogP contribution is -2.11. The van der Waals surface area contributed by atoms with Gasteiger partial charge in [-0.25, -0.2) is 13.6 Å². The average molecular weight is 466 g/mol. The molecule has 0 unspecified atom stereocenters. The molecule has 12 heteroatoms. The fraction of sp³-hybridized carbons (Fsp3) is 0. The van der Waals surface area contributed by atoms with Crippen LogP contribution in [0.3, 0.4) is 0 Å². The average Bonchev–Trinajstić information content (AvgIpc) is 2.54. The molecule has 0 spiro atoms. The Morgan fingerprint density at radius 2 is 1.29 bits per heavy atom. The van der Waals surface area contributed by atoms with Gasteiger partial charge in [-0.05, 0) is 24.3 Å². The van der Waals surface area contributed by atoms with Gasteiger partial charge in [-0.3, -0.25) is 0 Å². The van der Waals surface area contributed by atoms with Crippen molar-refractivity contribution >= 4 is 85.7 Å². The van der Waals surface area contributed by atoms with Crippen molar-refractivity contribution in [1.82, 2.24) is 0 Å². The first-order valence-corrected chi connectivity index (χ1v) is 10.1. The van der Waals surface area contributed by atoms with Crippen molar-refractivity contribution in [2.24, 2.45) is 14.8 Å². The topological polar surface area (TPSA) is 84.9 Å². The molecule has 0 aromatic heterocycles. The number of halogens is 5. The number of sulfonamides is 1. The summed E-state index contributed by atoms with van der Waals surface area (Å²) in [6.45, 7) is 0. The summed E-state index contributed by atoms with van der Waals surface area (Å²) in [7, 11) is -3.76. The molecule has 24 heavy (non-hydrogen) atoms. The molecule has 0 radical (unpaired) electrons. The molecular formula is C12H6Cl5N3O2S2. The maximum absolute atomic E-state index is 11.2. The maximum atomic E-state index is 11.2. The van der Waals surface area contributed by atoms with Crippen LogP contribution in [0.15, 0.2) is 43.7 Å². The third-order valence-corrected chi connectivity index (χ3v) is 6.81. The number of nitrogens with two attached hydrogens (primary N) is 1. The number of primary sulfonamides is 1. The molecule has 128 valence electrons. The summed E-state index contributed by atoms with van der Waals surface area (Å²) < 4.78 is 26.2. The van der Waals surface area contributed by atoms with E-state index < -0.39 is 10.0 Å². The van der Waals surface area contributed by atoms with E-state index in [1.54, 1.807) is 0 Å². The van der Waals surface area contributed by atoms with E-state index >= 15 is 0 Å². The van der Waals surface area contributed by atoms with Crippen molar-refractivity contribution in [2.45, 2.75) is 9.79 Å². The molecule has 0 saturated carbocycles.